The van der Waals surface area contributed by atoms with E-state index in [-0.39, 0.29) is 16.7 Å². The molecule has 0 saturated heterocycles. The van der Waals surface area contributed by atoms with Crippen LogP contribution in [0.2, 0.25) is 0 Å². The van der Waals surface area contributed by atoms with Crippen LogP contribution in [0.25, 0.3) is 0 Å². The Hall–Kier alpha value is -5.90. The van der Waals surface area contributed by atoms with E-state index >= 15 is 0 Å². The second kappa shape index (κ2) is 18.4. The maximum atomic E-state index is 13.9. The zero-order valence-corrected chi connectivity index (χ0v) is 34.5. The van der Waals surface area contributed by atoms with Gasteiger partial charge < -0.3 is 38.3 Å². The van der Waals surface area contributed by atoms with Crippen molar-refractivity contribution in [1.29, 1.82) is 0 Å². The quantitative estimate of drug-likeness (QED) is 0.210. The first-order valence-corrected chi connectivity index (χ1v) is 18.9. The number of rotatable bonds is 9. The molecule has 0 amide bonds. The average Bonchev–Trinajstić information content (AvgIpc) is 3.36. The van der Waals surface area contributed by atoms with Crippen molar-refractivity contribution in [3.63, 3.8) is 0 Å². The fourth-order valence-corrected chi connectivity index (χ4v) is 7.99. The van der Waals surface area contributed by atoms with Gasteiger partial charge in [0.05, 0.1) is 17.0 Å². The summed E-state index contributed by atoms with van der Waals surface area (Å²) in [5.74, 6) is -9.04. The summed E-state index contributed by atoms with van der Waals surface area (Å²) < 4.78 is 41.7. The second-order valence-corrected chi connectivity index (χ2v) is 15.6. The van der Waals surface area contributed by atoms with E-state index in [1.807, 2.05) is 0 Å². The van der Waals surface area contributed by atoms with Crippen LogP contribution in [0.3, 0.4) is 0 Å². The molecule has 2 aromatic rings. The number of aromatic nitrogens is 1. The summed E-state index contributed by atoms with van der Waals surface area (Å²) in [4.78, 5) is 96.6. The topological polar surface area (TPSA) is 217 Å². The molecule has 318 valence electrons. The molecule has 0 spiro atoms. The third kappa shape index (κ3) is 10.6. The van der Waals surface area contributed by atoms with Gasteiger partial charge in [0.2, 0.25) is 0 Å². The number of pyridine rings is 1. The molecule has 10 atom stereocenters. The van der Waals surface area contributed by atoms with Crippen molar-refractivity contribution < 1.29 is 71.8 Å². The first-order chi connectivity index (χ1) is 27.5. The van der Waals surface area contributed by atoms with Gasteiger partial charge in [-0.2, -0.15) is 0 Å². The van der Waals surface area contributed by atoms with Crippen molar-refractivity contribution in [2.24, 2.45) is 17.3 Å². The van der Waals surface area contributed by atoms with Gasteiger partial charge in [0.15, 0.2) is 24.4 Å². The summed E-state index contributed by atoms with van der Waals surface area (Å²) in [6.45, 7) is 15.8. The zero-order valence-electron chi connectivity index (χ0n) is 34.5. The predicted molar refractivity (Wildman–Crippen MR) is 206 cm³/mol. The summed E-state index contributed by atoms with van der Waals surface area (Å²) in [5.41, 5.74) is -5.96. The maximum absolute atomic E-state index is 13.9. The Bertz CT molecular complexity index is 1960. The number of hydrogen-bond acceptors (Lipinski definition) is 16. The van der Waals surface area contributed by atoms with Crippen LogP contribution in [0, 0.1) is 17.3 Å². The van der Waals surface area contributed by atoms with Crippen LogP contribution in [0.15, 0.2) is 79.2 Å². The Labute approximate surface area is 342 Å². The van der Waals surface area contributed by atoms with Crippen LogP contribution in [0.5, 0.6) is 0 Å². The molecule has 4 rings (SSSR count). The predicted octanol–water partition coefficient (Wildman–Crippen LogP) is 4.42. The lowest BCUT2D eigenvalue weighted by Crippen LogP contribution is -2.60. The Morgan fingerprint density at radius 2 is 1.22 bits per heavy atom. The lowest BCUT2D eigenvalue weighted by atomic mass is 9.71. The summed E-state index contributed by atoms with van der Waals surface area (Å²) in [7, 11) is 0. The van der Waals surface area contributed by atoms with Crippen LogP contribution in [-0.2, 0) is 57.1 Å². The maximum Gasteiger partial charge on any atom is 0.340 e. The van der Waals surface area contributed by atoms with E-state index in [4.69, 9.17) is 33.2 Å². The molecule has 2 aliphatic rings. The molecular weight excluding hydrogens is 770 g/mol. The number of hydrogen-bond donors (Lipinski definition) is 1. The van der Waals surface area contributed by atoms with E-state index in [1.165, 1.54) is 43.6 Å². The molecule has 1 fully saturated rings. The molecule has 2 unspecified atom stereocenters. The molecule has 0 radical (unpaired) electrons. The van der Waals surface area contributed by atoms with Crippen LogP contribution in [0.4, 0.5) is 0 Å². The molecule has 1 N–H and O–H groups in total. The molecular formula is C43H51NO15. The van der Waals surface area contributed by atoms with E-state index < -0.39 is 113 Å². The van der Waals surface area contributed by atoms with Crippen LogP contribution in [0.1, 0.15) is 89.5 Å². The molecule has 1 aromatic heterocycles. The largest absolute Gasteiger partial charge is 0.459 e. The number of benzene rings is 1. The van der Waals surface area contributed by atoms with Crippen LogP contribution < -0.4 is 0 Å². The van der Waals surface area contributed by atoms with Gasteiger partial charge in [-0.3, -0.25) is 29.0 Å². The average molecular weight is 822 g/mol. The molecule has 1 saturated carbocycles. The van der Waals surface area contributed by atoms with E-state index in [0.717, 1.165) is 34.6 Å². The van der Waals surface area contributed by atoms with Crippen molar-refractivity contribution in [3.8, 4) is 0 Å². The summed E-state index contributed by atoms with van der Waals surface area (Å²) in [6.07, 6.45) is -4.99. The molecule has 16 nitrogen and oxygen atoms in total. The number of esters is 7. The van der Waals surface area contributed by atoms with E-state index in [1.54, 1.807) is 51.1 Å². The van der Waals surface area contributed by atoms with Gasteiger partial charge >= 0.3 is 41.8 Å². The summed E-state index contributed by atoms with van der Waals surface area (Å²) >= 11 is 0. The third-order valence-electron chi connectivity index (χ3n) is 10.3. The highest BCUT2D eigenvalue weighted by Crippen LogP contribution is 2.54. The Kier molecular flexibility index (Phi) is 14.2. The summed E-state index contributed by atoms with van der Waals surface area (Å²) in [6, 6.07) is 10.7. The number of fused-ring (bicyclic) bond motifs is 1. The van der Waals surface area contributed by atoms with Crippen molar-refractivity contribution in [1.82, 2.24) is 4.98 Å². The molecule has 2 aliphatic carbocycles. The standard InChI is InChI=1S/C43H51NO15/c1-23-18-19-41(8,9)38(58-40(51)31-17-14-20-44-21-31)35(55-27(5)47)34(54-26(4)46)24(2)33(53-25(3)45)32-37(57-39(50)30-15-12-11-13-16-30)42(10,59-29(7)49)22-43(32,52)36(23)56-28(6)48/h11-21,23,32-38,52H,2,22H2,1,3-10H3/b19-18-/t23-,32-,33?,34-,35+,36-,37+,38?,42+,43+/m0/s1. The van der Waals surface area contributed by atoms with Crippen molar-refractivity contribution in [2.75, 3.05) is 0 Å². The van der Waals surface area contributed by atoms with Crippen molar-refractivity contribution in [2.45, 2.75) is 117 Å². The third-order valence-corrected chi connectivity index (χ3v) is 10.3. The van der Waals surface area contributed by atoms with Crippen molar-refractivity contribution in [3.05, 3.63) is 90.3 Å². The second-order valence-electron chi connectivity index (χ2n) is 15.6. The number of aliphatic hydroxyl groups is 1. The molecule has 16 heteroatoms. The first kappa shape index (κ1) is 45.8. The normalized spacial score (nSPS) is 30.7. The first-order valence-electron chi connectivity index (χ1n) is 18.9. The van der Waals surface area contributed by atoms with Gasteiger partial charge in [-0.15, -0.1) is 0 Å². The minimum Gasteiger partial charge on any atom is -0.459 e. The smallest absolute Gasteiger partial charge is 0.340 e. The Morgan fingerprint density at radius 1 is 0.678 bits per heavy atom. The fraction of sp³-hybridized carbons (Fsp3) is 0.488. The van der Waals surface area contributed by atoms with E-state index in [0.29, 0.717) is 0 Å². The highest BCUT2D eigenvalue weighted by molar-refractivity contribution is 5.90. The molecule has 59 heavy (non-hydrogen) atoms. The SMILES string of the molecule is C=C1C(OC(C)=O)[C@H]2[C@@H](OC(=O)c3ccccc3)[C@](C)(OC(C)=O)C[C@]2(O)[C@@H](OC(C)=O)[C@@H](C)/C=C\C(C)(C)C(OC(=O)c2cccnc2)[C@H](OC(C)=O)[C@H]1OC(C)=O. The van der Waals surface area contributed by atoms with Gasteiger partial charge in [0.1, 0.15) is 23.4 Å². The highest BCUT2D eigenvalue weighted by atomic mass is 16.6. The lowest BCUT2D eigenvalue weighted by molar-refractivity contribution is -0.195. The number of nitrogens with zero attached hydrogens (tertiary/aromatic N) is 1. The fourth-order valence-electron chi connectivity index (χ4n) is 7.99. The zero-order chi connectivity index (χ0) is 44.0. The molecule has 1 aromatic carbocycles. The molecule has 0 bridgehead atoms. The van der Waals surface area contributed by atoms with Crippen LogP contribution >= 0.6 is 0 Å². The van der Waals surface area contributed by atoms with E-state index in [2.05, 4.69) is 11.6 Å². The number of carbonyl (C=O) groups is 7. The van der Waals surface area contributed by atoms with Gasteiger partial charge in [-0.25, -0.2) is 9.59 Å². The number of ether oxygens (including phenoxy) is 7. The van der Waals surface area contributed by atoms with Gasteiger partial charge in [-0.1, -0.05) is 57.7 Å². The monoisotopic (exact) mass is 821 g/mol. The Morgan fingerprint density at radius 3 is 1.76 bits per heavy atom. The van der Waals surface area contributed by atoms with Gasteiger partial charge in [0.25, 0.3) is 0 Å². The molecule has 0 aliphatic heterocycles. The Balaban J connectivity index is 2.13. The number of carbonyl (C=O) groups excluding carboxylic acids is 7. The lowest BCUT2D eigenvalue weighted by Gasteiger charge is -2.46. The molecule has 1 heterocycles. The minimum absolute atomic E-state index is 0.0211. The van der Waals surface area contributed by atoms with Crippen LogP contribution in [-0.4, -0.2) is 99.7 Å². The summed E-state index contributed by atoms with van der Waals surface area (Å²) in [5, 5.41) is 13.3. The van der Waals surface area contributed by atoms with Crippen molar-refractivity contribution >= 4 is 41.8 Å². The minimum atomic E-state index is -2.42. The van der Waals surface area contributed by atoms with E-state index in [9.17, 15) is 38.7 Å². The highest BCUT2D eigenvalue weighted by Gasteiger charge is 2.70. The van der Waals surface area contributed by atoms with Gasteiger partial charge in [-0.05, 0) is 31.2 Å². The van der Waals surface area contributed by atoms with Gasteiger partial charge in [0, 0.05) is 70.3 Å².